The van der Waals surface area contributed by atoms with Crippen LogP contribution in [-0.4, -0.2) is 169 Å². The SMILES string of the molecule is CC(C)[C@H](C)[C@@H](O)[C@H](O)[C@@H](C)[C@H]1CC[C@H]2[C@@H]3C/C(=N/OCC(=O)NCCCCCNC(=O)CCCCCC4(C)C(=CC=CC=CC5=[N+](CCCS(=O)(=O)O)c6ccc(S(=O)(=O)O)cc6C5(C)C)N(CCCS(=O)(=O)O)c5ccc(S(=O)(=O)O)cc54)[C@H]4C[C@H](O)[C@H](O)C[C@]4(C)[C@H]3CC[C@]12C. The van der Waals surface area contributed by atoms with E-state index in [0.29, 0.717) is 117 Å². The van der Waals surface area contributed by atoms with Gasteiger partial charge in [-0.3, -0.25) is 27.8 Å². The summed E-state index contributed by atoms with van der Waals surface area (Å²) in [5, 5.41) is 55.4. The summed E-state index contributed by atoms with van der Waals surface area (Å²) in [7, 11) is -17.9. The first-order valence-corrected chi connectivity index (χ1v) is 41.3. The van der Waals surface area contributed by atoms with Crippen LogP contribution in [0.3, 0.4) is 0 Å². The Morgan fingerprint density at radius 3 is 1.97 bits per heavy atom. The van der Waals surface area contributed by atoms with Gasteiger partial charge >= 0.3 is 0 Å². The predicted octanol–water partition coefficient (Wildman–Crippen LogP) is 8.86. The number of carbonyl (C=O) groups is 2. The minimum atomic E-state index is -4.67. The Morgan fingerprint density at radius 1 is 0.707 bits per heavy atom. The maximum absolute atomic E-state index is 13.1. The molecule has 0 bridgehead atoms. The number of nitrogens with zero attached hydrogens (tertiary/aromatic N) is 3. The number of oxime groups is 1. The molecule has 0 saturated heterocycles. The smallest absolute Gasteiger partial charge is 0.294 e. The van der Waals surface area contributed by atoms with Crippen LogP contribution < -0.4 is 15.5 Å². The van der Waals surface area contributed by atoms with Crippen molar-refractivity contribution in [2.45, 2.75) is 217 Å². The van der Waals surface area contributed by atoms with Crippen molar-refractivity contribution in [2.75, 3.05) is 49.2 Å². The normalized spacial score (nSPS) is 29.0. The zero-order valence-corrected chi connectivity index (χ0v) is 62.1. The lowest BCUT2D eigenvalue weighted by Crippen LogP contribution is -2.60. The molecule has 2 amide bonds. The quantitative estimate of drug-likeness (QED) is 0.0105. The molecule has 10 N–H and O–H groups in total. The standard InChI is InChI=1S/C71H107N5O19S4/c1-45(2)46(3)66(81)67(82)47(4)51-26-27-52-50-41-57(54-42-60(77)61(78)43-71(54,9)53(50)30-32-69(51,52)7)74-95-44-65(80)73-34-18-12-17-33-72-64(79)23-15-11-16-31-70(8)56-40-49(99(92,93)94)25-29-59(56)76(36-20-38-97(86,87)88)63(70)22-14-10-13-21-62-68(5,6)55-39-48(98(89,90)91)24-28-58(55)75(62)35-19-37-96(83,84)85/h10,13-14,21-22,24-25,28-29,39-40,45-47,50-54,60-61,66-67,77-78,81-82H,11-12,15-20,23,26-27,30-38,41-44H2,1-9H3,(H5-,72,73,79,80,83,84,85,86,87,88,89,90,91,92,93,94)/p+1/b74-57-/t46-,47-,50-,51+,52-,53-,54+,60-,61+,66+,67+,69+,70?,71+/m0/s1. The van der Waals surface area contributed by atoms with E-state index in [1.807, 2.05) is 37.2 Å². The molecule has 99 heavy (non-hydrogen) atoms. The summed E-state index contributed by atoms with van der Waals surface area (Å²) in [5.74, 6) is -0.489. The fourth-order valence-corrected chi connectivity index (χ4v) is 19.9. The minimum Gasteiger partial charge on any atom is -0.390 e. The highest BCUT2D eigenvalue weighted by Gasteiger charge is 2.64. The van der Waals surface area contributed by atoms with Gasteiger partial charge in [0.05, 0.1) is 56.8 Å². The summed E-state index contributed by atoms with van der Waals surface area (Å²) >= 11 is 0. The van der Waals surface area contributed by atoms with Crippen LogP contribution in [0.1, 0.15) is 183 Å². The second kappa shape index (κ2) is 31.9. The van der Waals surface area contributed by atoms with Gasteiger partial charge in [-0.15, -0.1) is 0 Å². The van der Waals surface area contributed by atoms with Gasteiger partial charge in [-0.2, -0.15) is 38.2 Å². The highest BCUT2D eigenvalue weighted by molar-refractivity contribution is 7.86. The van der Waals surface area contributed by atoms with Crippen LogP contribution in [-0.2, 0) is 65.7 Å². The Morgan fingerprint density at radius 2 is 1.32 bits per heavy atom. The summed E-state index contributed by atoms with van der Waals surface area (Å²) in [6.07, 6.45) is 15.0. The van der Waals surface area contributed by atoms with Gasteiger partial charge in [0.15, 0.2) is 12.3 Å². The molecule has 0 radical (unpaired) electrons. The second-order valence-electron chi connectivity index (χ2n) is 30.6. The summed E-state index contributed by atoms with van der Waals surface area (Å²) < 4.78 is 138. The monoisotopic (exact) mass is 1460 g/mol. The Kier molecular flexibility index (Phi) is 25.7. The number of fused-ring (bicyclic) bond motifs is 7. The molecule has 4 aliphatic carbocycles. The van der Waals surface area contributed by atoms with Crippen LogP contribution >= 0.6 is 0 Å². The van der Waals surface area contributed by atoms with Crippen molar-refractivity contribution in [1.82, 2.24) is 10.6 Å². The number of aliphatic hydroxyl groups excluding tert-OH is 4. The van der Waals surface area contributed by atoms with Gasteiger partial charge in [0.2, 0.25) is 11.6 Å². The number of allylic oxidation sites excluding steroid dienone is 6. The lowest BCUT2D eigenvalue weighted by Gasteiger charge is -2.61. The largest absolute Gasteiger partial charge is 0.390 e. The van der Waals surface area contributed by atoms with Gasteiger partial charge < -0.3 is 40.8 Å². The molecule has 14 atom stereocenters. The molecule has 24 nitrogen and oxygen atoms in total. The van der Waals surface area contributed by atoms with Gasteiger partial charge in [0.1, 0.15) is 6.54 Å². The molecule has 28 heteroatoms. The van der Waals surface area contributed by atoms with Crippen molar-refractivity contribution < 1.29 is 91.3 Å². The molecule has 1 unspecified atom stereocenters. The molecule has 8 rings (SSSR count). The number of aliphatic hydroxyl groups is 4. The van der Waals surface area contributed by atoms with E-state index in [4.69, 9.17) is 4.84 Å². The highest BCUT2D eigenvalue weighted by atomic mass is 32.2. The zero-order valence-electron chi connectivity index (χ0n) is 58.8. The summed E-state index contributed by atoms with van der Waals surface area (Å²) in [6.45, 7) is 19.1. The number of hydrogen-bond donors (Lipinski definition) is 10. The Labute approximate surface area is 586 Å². The van der Waals surface area contributed by atoms with Crippen LogP contribution in [0.4, 0.5) is 11.4 Å². The van der Waals surface area contributed by atoms with Crippen LogP contribution in [0.25, 0.3) is 0 Å². The van der Waals surface area contributed by atoms with Gasteiger partial charge in [-0.1, -0.05) is 77.8 Å². The first kappa shape index (κ1) is 79.7. The molecule has 0 spiro atoms. The van der Waals surface area contributed by atoms with E-state index in [-0.39, 0.29) is 107 Å². The van der Waals surface area contributed by atoms with E-state index in [0.717, 1.165) is 37.8 Å². The van der Waals surface area contributed by atoms with E-state index >= 15 is 0 Å². The van der Waals surface area contributed by atoms with Crippen LogP contribution in [0, 0.1) is 58.2 Å². The molecule has 2 aliphatic heterocycles. The fraction of sp³-hybridized carbons (Fsp3) is 0.690. The minimum absolute atomic E-state index is 0.0133. The van der Waals surface area contributed by atoms with Crippen LogP contribution in [0.2, 0.25) is 0 Å². The Hall–Kier alpha value is -4.98. The van der Waals surface area contributed by atoms with E-state index in [2.05, 4.69) is 50.4 Å². The number of carbonyl (C=O) groups excluding carboxylic acids is 2. The Bertz CT molecular complexity index is 3890. The van der Waals surface area contributed by atoms with Gasteiger partial charge in [0.25, 0.3) is 46.4 Å². The number of hydrogen-bond acceptors (Lipinski definition) is 17. The summed E-state index contributed by atoms with van der Waals surface area (Å²) in [4.78, 5) is 33.2. The third kappa shape index (κ3) is 18.5. The van der Waals surface area contributed by atoms with Gasteiger partial charge in [0, 0.05) is 72.9 Å². The lowest BCUT2D eigenvalue weighted by atomic mass is 9.43. The summed E-state index contributed by atoms with van der Waals surface area (Å²) in [5.41, 5.74) is 2.10. The molecular formula is C71H108N5O19S4+. The topological polar surface area (TPSA) is 384 Å². The number of benzene rings is 2. The van der Waals surface area contributed by atoms with E-state index < -0.39 is 87.2 Å². The fourth-order valence-electron chi connectivity index (χ4n) is 17.9. The van der Waals surface area contributed by atoms with E-state index in [9.17, 15) is 81.9 Å². The van der Waals surface area contributed by atoms with E-state index in [1.54, 1.807) is 30.4 Å². The average Bonchev–Trinajstić information content (AvgIpc) is 1.70. The maximum Gasteiger partial charge on any atom is 0.294 e. The van der Waals surface area contributed by atoms with Crippen molar-refractivity contribution in [2.24, 2.45) is 63.3 Å². The van der Waals surface area contributed by atoms with Crippen molar-refractivity contribution in [3.05, 3.63) is 83.6 Å². The molecule has 2 aromatic rings. The van der Waals surface area contributed by atoms with Crippen molar-refractivity contribution in [1.29, 1.82) is 0 Å². The van der Waals surface area contributed by atoms with Gasteiger partial charge in [-0.05, 0) is 198 Å². The summed E-state index contributed by atoms with van der Waals surface area (Å²) in [6, 6.07) is 8.30. The molecule has 4 saturated carbocycles. The predicted molar refractivity (Wildman–Crippen MR) is 378 cm³/mol. The molecule has 2 heterocycles. The van der Waals surface area contributed by atoms with Crippen molar-refractivity contribution in [3.63, 3.8) is 0 Å². The van der Waals surface area contributed by atoms with Crippen molar-refractivity contribution >= 4 is 75.1 Å². The molecule has 554 valence electrons. The number of unbranched alkanes of at least 4 members (excludes halogenated alkanes) is 4. The Balaban J connectivity index is 0.836. The number of amides is 2. The molecule has 4 fully saturated rings. The van der Waals surface area contributed by atoms with Crippen LogP contribution in [0.15, 0.2) is 87.4 Å². The lowest BCUT2D eigenvalue weighted by molar-refractivity contribution is -0.437. The first-order valence-electron chi connectivity index (χ1n) is 35.2. The second-order valence-corrected chi connectivity index (χ2v) is 36.6. The molecule has 6 aliphatic rings. The third-order valence-corrected chi connectivity index (χ3v) is 26.9. The number of rotatable bonds is 33. The zero-order chi connectivity index (χ0) is 73.0. The van der Waals surface area contributed by atoms with Crippen LogP contribution in [0.5, 0.6) is 0 Å². The number of anilines is 1. The molecule has 0 aromatic heterocycles. The third-order valence-electron chi connectivity index (χ3n) is 23.6. The van der Waals surface area contributed by atoms with Crippen molar-refractivity contribution in [3.8, 4) is 0 Å². The maximum atomic E-state index is 13.1. The first-order chi connectivity index (χ1) is 46.1. The molecular weight excluding hydrogens is 1360 g/mol. The van der Waals surface area contributed by atoms with E-state index in [1.165, 1.54) is 36.4 Å². The number of nitrogens with one attached hydrogen (secondary N) is 2. The highest BCUT2D eigenvalue weighted by Crippen LogP contribution is 2.68. The average molecular weight is 1460 g/mol. The van der Waals surface area contributed by atoms with Gasteiger partial charge in [-0.25, -0.2) is 0 Å². The molecule has 2 aromatic carbocycles.